The van der Waals surface area contributed by atoms with Gasteiger partial charge in [0.25, 0.3) is 0 Å². The number of nitrogens with one attached hydrogen (secondary N) is 1. The Morgan fingerprint density at radius 3 is 2.45 bits per heavy atom. The van der Waals surface area contributed by atoms with E-state index in [1.54, 1.807) is 4.90 Å². The van der Waals surface area contributed by atoms with Gasteiger partial charge in [0.1, 0.15) is 11.2 Å². The molecular formula is C26H40N2O5. The van der Waals surface area contributed by atoms with E-state index in [0.29, 0.717) is 32.5 Å². The van der Waals surface area contributed by atoms with Crippen LogP contribution in [0.4, 0.5) is 4.79 Å². The second-order valence-electron chi connectivity index (χ2n) is 11.4. The molecule has 0 bridgehead atoms. The summed E-state index contributed by atoms with van der Waals surface area (Å²) in [4.78, 5) is 27.5. The summed E-state index contributed by atoms with van der Waals surface area (Å²) in [5.74, 6) is -0.574. The zero-order chi connectivity index (χ0) is 24.4. The van der Waals surface area contributed by atoms with Gasteiger partial charge in [-0.05, 0) is 77.8 Å². The summed E-state index contributed by atoms with van der Waals surface area (Å²) >= 11 is 0. The standard InChI is InChI=1S/C26H40N2O5/c1-25(2,3)32-23(30)21(19-10-11-28(16-19)24(31)33-26(4,5)6)13-17-8-7-9-18(12-17)22-14-20(29)15-27-22/h7-9,12,19-22,27,29H,10-11,13-16H2,1-6H3/t19-,20-,21-,22?/m0/s1. The number of carbonyl (C=O) groups is 2. The molecule has 33 heavy (non-hydrogen) atoms. The number of benzene rings is 1. The monoisotopic (exact) mass is 460 g/mol. The van der Waals surface area contributed by atoms with Crippen LogP contribution in [0, 0.1) is 11.8 Å². The molecule has 0 aliphatic carbocycles. The van der Waals surface area contributed by atoms with Gasteiger partial charge in [-0.3, -0.25) is 4.79 Å². The van der Waals surface area contributed by atoms with E-state index in [4.69, 9.17) is 9.47 Å². The van der Waals surface area contributed by atoms with E-state index in [2.05, 4.69) is 17.4 Å². The Morgan fingerprint density at radius 1 is 1.15 bits per heavy atom. The number of rotatable bonds is 5. The summed E-state index contributed by atoms with van der Waals surface area (Å²) in [5.41, 5.74) is 1.04. The van der Waals surface area contributed by atoms with E-state index < -0.39 is 11.2 Å². The van der Waals surface area contributed by atoms with Crippen molar-refractivity contribution in [3.63, 3.8) is 0 Å². The lowest BCUT2D eigenvalue weighted by atomic mass is 9.85. The third kappa shape index (κ3) is 7.44. The van der Waals surface area contributed by atoms with Crippen molar-refractivity contribution in [2.45, 2.75) is 84.2 Å². The Labute approximate surface area is 197 Å². The predicted molar refractivity (Wildman–Crippen MR) is 127 cm³/mol. The summed E-state index contributed by atoms with van der Waals surface area (Å²) in [6.45, 7) is 12.8. The molecule has 0 spiro atoms. The van der Waals surface area contributed by atoms with Crippen molar-refractivity contribution in [1.82, 2.24) is 10.2 Å². The van der Waals surface area contributed by atoms with Crippen molar-refractivity contribution in [2.24, 2.45) is 11.8 Å². The topological polar surface area (TPSA) is 88.1 Å². The first kappa shape index (κ1) is 25.5. The maximum absolute atomic E-state index is 13.2. The van der Waals surface area contributed by atoms with Crippen LogP contribution in [0.5, 0.6) is 0 Å². The van der Waals surface area contributed by atoms with Crippen LogP contribution in [-0.2, 0) is 20.7 Å². The molecule has 4 atom stereocenters. The second kappa shape index (κ2) is 10.0. The number of hydrogen-bond acceptors (Lipinski definition) is 6. The minimum atomic E-state index is -0.579. The summed E-state index contributed by atoms with van der Waals surface area (Å²) in [5, 5.41) is 13.2. The maximum atomic E-state index is 13.2. The lowest BCUT2D eigenvalue weighted by molar-refractivity contribution is -0.161. The van der Waals surface area contributed by atoms with Crippen molar-refractivity contribution in [3.05, 3.63) is 35.4 Å². The SMILES string of the molecule is CC(C)(C)OC(=O)[C@@H](Cc1cccc(C2C[C@H](O)CN2)c1)[C@H]1CCN(C(=O)OC(C)(C)C)C1. The lowest BCUT2D eigenvalue weighted by Crippen LogP contribution is -2.38. The summed E-state index contributed by atoms with van der Waals surface area (Å²) in [6.07, 6.45) is 1.31. The molecule has 1 aromatic rings. The number of β-amino-alcohol motifs (C(OH)–C–C–N with tert-alkyl or cyclic N) is 1. The van der Waals surface area contributed by atoms with E-state index >= 15 is 0 Å². The van der Waals surface area contributed by atoms with Gasteiger partial charge in [0, 0.05) is 25.7 Å². The van der Waals surface area contributed by atoms with E-state index in [1.807, 2.05) is 53.7 Å². The molecule has 2 saturated heterocycles. The second-order valence-corrected chi connectivity index (χ2v) is 11.4. The Hall–Kier alpha value is -2.12. The van der Waals surface area contributed by atoms with E-state index in [9.17, 15) is 14.7 Å². The quantitative estimate of drug-likeness (QED) is 0.649. The normalized spacial score (nSPS) is 24.6. The third-order valence-corrected chi connectivity index (χ3v) is 6.07. The Morgan fingerprint density at radius 2 is 1.85 bits per heavy atom. The molecular weight excluding hydrogens is 420 g/mol. The Balaban J connectivity index is 1.75. The van der Waals surface area contributed by atoms with Crippen molar-refractivity contribution in [1.29, 1.82) is 0 Å². The minimum Gasteiger partial charge on any atom is -0.460 e. The molecule has 1 amide bonds. The van der Waals surface area contributed by atoms with E-state index in [0.717, 1.165) is 17.5 Å². The average molecular weight is 461 g/mol. The first-order valence-corrected chi connectivity index (χ1v) is 12.0. The fraction of sp³-hybridized carbons (Fsp3) is 0.692. The van der Waals surface area contributed by atoms with E-state index in [1.165, 1.54) is 0 Å². The molecule has 1 aromatic carbocycles. The van der Waals surface area contributed by atoms with Gasteiger partial charge >= 0.3 is 12.1 Å². The smallest absolute Gasteiger partial charge is 0.410 e. The van der Waals surface area contributed by atoms with Crippen molar-refractivity contribution < 1.29 is 24.2 Å². The average Bonchev–Trinajstić information content (AvgIpc) is 3.33. The highest BCUT2D eigenvalue weighted by atomic mass is 16.6. The fourth-order valence-electron chi connectivity index (χ4n) is 4.59. The van der Waals surface area contributed by atoms with Crippen molar-refractivity contribution in [2.75, 3.05) is 19.6 Å². The molecule has 0 radical (unpaired) electrons. The molecule has 7 nitrogen and oxygen atoms in total. The highest BCUT2D eigenvalue weighted by molar-refractivity contribution is 5.74. The predicted octanol–water partition coefficient (Wildman–Crippen LogP) is 3.84. The highest BCUT2D eigenvalue weighted by Crippen LogP contribution is 2.32. The molecule has 0 saturated carbocycles. The zero-order valence-electron chi connectivity index (χ0n) is 20.9. The van der Waals surface area contributed by atoms with Gasteiger partial charge in [-0.25, -0.2) is 4.79 Å². The van der Waals surface area contributed by atoms with Crippen LogP contribution < -0.4 is 5.32 Å². The molecule has 1 unspecified atom stereocenters. The van der Waals surface area contributed by atoms with Crippen LogP contribution in [0.25, 0.3) is 0 Å². The molecule has 0 aromatic heterocycles. The van der Waals surface area contributed by atoms with Crippen LogP contribution in [0.15, 0.2) is 24.3 Å². The van der Waals surface area contributed by atoms with E-state index in [-0.39, 0.29) is 36.0 Å². The van der Waals surface area contributed by atoms with Gasteiger partial charge in [-0.1, -0.05) is 24.3 Å². The maximum Gasteiger partial charge on any atom is 0.410 e. The number of aliphatic hydroxyl groups excluding tert-OH is 1. The molecule has 3 rings (SSSR count). The van der Waals surface area contributed by atoms with Crippen LogP contribution in [0.3, 0.4) is 0 Å². The van der Waals surface area contributed by atoms with Gasteiger partial charge in [0.2, 0.25) is 0 Å². The number of ether oxygens (including phenoxy) is 2. The molecule has 184 valence electrons. The minimum absolute atomic E-state index is 0.00227. The number of nitrogens with zero attached hydrogens (tertiary/aromatic N) is 1. The van der Waals surface area contributed by atoms with Crippen LogP contribution >= 0.6 is 0 Å². The van der Waals surface area contributed by atoms with Crippen LogP contribution in [0.1, 0.15) is 71.6 Å². The molecule has 7 heteroatoms. The Kier molecular flexibility index (Phi) is 7.74. The van der Waals surface area contributed by atoms with Crippen molar-refractivity contribution in [3.8, 4) is 0 Å². The Bertz CT molecular complexity index is 842. The van der Waals surface area contributed by atoms with Crippen LogP contribution in [-0.4, -0.2) is 59.0 Å². The molecule has 2 N–H and O–H groups in total. The first-order chi connectivity index (χ1) is 15.3. The summed E-state index contributed by atoms with van der Waals surface area (Å²) in [6, 6.07) is 8.33. The van der Waals surface area contributed by atoms with Crippen molar-refractivity contribution >= 4 is 12.1 Å². The highest BCUT2D eigenvalue weighted by Gasteiger charge is 2.39. The third-order valence-electron chi connectivity index (χ3n) is 6.07. The number of amides is 1. The molecule has 2 fully saturated rings. The van der Waals surface area contributed by atoms with Crippen LogP contribution in [0.2, 0.25) is 0 Å². The van der Waals surface area contributed by atoms with Gasteiger partial charge in [-0.15, -0.1) is 0 Å². The van der Waals surface area contributed by atoms with Gasteiger partial charge in [0.15, 0.2) is 0 Å². The molecule has 2 heterocycles. The largest absolute Gasteiger partial charge is 0.460 e. The van der Waals surface area contributed by atoms with Gasteiger partial charge < -0.3 is 24.8 Å². The zero-order valence-corrected chi connectivity index (χ0v) is 20.9. The lowest BCUT2D eigenvalue weighted by Gasteiger charge is -2.28. The number of likely N-dealkylation sites (tertiary alicyclic amines) is 1. The number of esters is 1. The fourth-order valence-corrected chi connectivity index (χ4v) is 4.59. The number of aliphatic hydroxyl groups is 1. The number of carbonyl (C=O) groups excluding carboxylic acids is 2. The molecule has 2 aliphatic heterocycles. The van der Waals surface area contributed by atoms with Gasteiger partial charge in [0.05, 0.1) is 12.0 Å². The van der Waals surface area contributed by atoms with Gasteiger partial charge in [-0.2, -0.15) is 0 Å². The molecule has 2 aliphatic rings. The number of hydrogen-bond donors (Lipinski definition) is 2. The summed E-state index contributed by atoms with van der Waals surface area (Å²) in [7, 11) is 0. The summed E-state index contributed by atoms with van der Waals surface area (Å²) < 4.78 is 11.3. The first-order valence-electron chi connectivity index (χ1n) is 12.0.